The Bertz CT molecular complexity index is 151. The van der Waals surface area contributed by atoms with Gasteiger partial charge in [0.1, 0.15) is 0 Å². The number of hydrogen-bond acceptors (Lipinski definition) is 3. The molecule has 0 heterocycles. The second kappa shape index (κ2) is 2.82. The average Bonchev–Trinajstić information content (AvgIpc) is 1.62. The van der Waals surface area contributed by atoms with Gasteiger partial charge in [-0.15, -0.1) is 0 Å². The van der Waals surface area contributed by atoms with Gasteiger partial charge in [-0.1, -0.05) is 0 Å². The number of carbonyl (C=O) groups is 1. The van der Waals surface area contributed by atoms with Crippen molar-refractivity contribution in [2.75, 3.05) is 7.11 Å². The van der Waals surface area contributed by atoms with Crippen LogP contribution >= 0.6 is 7.59 Å². The minimum absolute atomic E-state index is 0.900. The first-order valence-corrected chi connectivity index (χ1v) is 3.83. The molecule has 0 saturated carbocycles. The molecule has 0 bridgehead atoms. The number of carbonyl (C=O) groups excluding carboxylic acids is 1. The predicted molar refractivity (Wildman–Crippen MR) is 31.5 cm³/mol. The zero-order chi connectivity index (χ0) is 7.49. The van der Waals surface area contributed by atoms with Crippen LogP contribution in [0.1, 0.15) is 0 Å². The number of nitrogens with two attached hydrogens (primary N) is 2. The summed E-state index contributed by atoms with van der Waals surface area (Å²) in [6.07, 6.45) is -0.900. The van der Waals surface area contributed by atoms with E-state index in [0.717, 1.165) is 7.11 Å². The maximum absolute atomic E-state index is 10.3. The minimum atomic E-state index is -3.46. The van der Waals surface area contributed by atoms with Crippen molar-refractivity contribution in [1.82, 2.24) is 5.09 Å². The molecule has 1 amide bonds. The van der Waals surface area contributed by atoms with Gasteiger partial charge in [0.05, 0.1) is 7.11 Å². The van der Waals surface area contributed by atoms with E-state index >= 15 is 0 Å². The summed E-state index contributed by atoms with van der Waals surface area (Å²) >= 11 is 0. The van der Waals surface area contributed by atoms with Crippen molar-refractivity contribution in [2.45, 2.75) is 0 Å². The fourth-order valence-electron chi connectivity index (χ4n) is 0.188. The fraction of sp³-hybridized carbons (Fsp3) is 0.500. The van der Waals surface area contributed by atoms with Crippen molar-refractivity contribution < 1.29 is 14.1 Å². The van der Waals surface area contributed by atoms with Crippen LogP contribution in [0.3, 0.4) is 0 Å². The lowest BCUT2D eigenvalue weighted by Gasteiger charge is -2.05. The van der Waals surface area contributed by atoms with Crippen LogP contribution in [0.5, 0.6) is 0 Å². The molecule has 6 nitrogen and oxygen atoms in total. The third-order valence-corrected chi connectivity index (χ3v) is 0.983. The third-order valence-electron chi connectivity index (χ3n) is 0.451. The molecule has 0 radical (unpaired) electrons. The van der Waals surface area contributed by atoms with Crippen molar-refractivity contribution >= 4 is 13.7 Å². The van der Waals surface area contributed by atoms with Crippen molar-refractivity contribution in [2.24, 2.45) is 11.0 Å². The van der Waals surface area contributed by atoms with Crippen LogP contribution in [0.2, 0.25) is 0 Å². The Labute approximate surface area is 52.1 Å². The molecule has 0 aliphatic rings. The maximum atomic E-state index is 10.3. The standard InChI is InChI=1S/C2H8N3O3P/c1-8-2(6)5-9(3,4)7/h1H3,(H5,3,4,5,6,7). The summed E-state index contributed by atoms with van der Waals surface area (Å²) in [4.78, 5) is 10.2. The van der Waals surface area contributed by atoms with E-state index in [1.54, 1.807) is 5.09 Å². The quantitative estimate of drug-likeness (QED) is 0.434. The Balaban J connectivity index is 3.75. The Hall–Kier alpha value is -0.580. The van der Waals surface area contributed by atoms with Gasteiger partial charge < -0.3 is 4.74 Å². The minimum Gasteiger partial charge on any atom is -0.453 e. The fourth-order valence-corrected chi connectivity index (χ4v) is 0.565. The van der Waals surface area contributed by atoms with Gasteiger partial charge in [-0.3, -0.25) is 15.6 Å². The van der Waals surface area contributed by atoms with Crippen molar-refractivity contribution in [1.29, 1.82) is 0 Å². The lowest BCUT2D eigenvalue weighted by molar-refractivity contribution is 0.177. The molecular formula is C2H8N3O3P. The predicted octanol–water partition coefficient (Wildman–Crippen LogP) is -0.632. The summed E-state index contributed by atoms with van der Waals surface area (Å²) in [6, 6.07) is 0. The summed E-state index contributed by atoms with van der Waals surface area (Å²) in [5, 5.41) is 1.72. The molecule has 0 aliphatic carbocycles. The third kappa shape index (κ3) is 5.29. The van der Waals surface area contributed by atoms with Gasteiger partial charge in [-0.2, -0.15) is 0 Å². The highest BCUT2D eigenvalue weighted by Crippen LogP contribution is 2.16. The Morgan fingerprint density at radius 2 is 2.11 bits per heavy atom. The first-order chi connectivity index (χ1) is 3.95. The summed E-state index contributed by atoms with van der Waals surface area (Å²) in [6.45, 7) is 0. The lowest BCUT2D eigenvalue weighted by Crippen LogP contribution is -2.28. The summed E-state index contributed by atoms with van der Waals surface area (Å²) in [5.74, 6) is 0. The van der Waals surface area contributed by atoms with Crippen molar-refractivity contribution in [3.8, 4) is 0 Å². The van der Waals surface area contributed by atoms with Gasteiger partial charge in [0, 0.05) is 0 Å². The number of nitrogens with one attached hydrogen (secondary N) is 1. The average molecular weight is 153 g/mol. The van der Waals surface area contributed by atoms with E-state index in [4.69, 9.17) is 11.0 Å². The molecule has 5 N–H and O–H groups in total. The van der Waals surface area contributed by atoms with E-state index in [0.29, 0.717) is 0 Å². The topological polar surface area (TPSA) is 107 Å². The highest BCUT2D eigenvalue weighted by atomic mass is 31.2. The van der Waals surface area contributed by atoms with Gasteiger partial charge in [0.2, 0.25) is 0 Å². The molecule has 0 unspecified atom stereocenters. The van der Waals surface area contributed by atoms with E-state index in [-0.39, 0.29) is 0 Å². The van der Waals surface area contributed by atoms with Crippen LogP contribution in [0.4, 0.5) is 4.79 Å². The van der Waals surface area contributed by atoms with E-state index in [1.165, 1.54) is 0 Å². The number of rotatable bonds is 1. The number of hydrogen-bond donors (Lipinski definition) is 3. The summed E-state index contributed by atoms with van der Waals surface area (Å²) < 4.78 is 14.4. The lowest BCUT2D eigenvalue weighted by atomic mass is 11.2. The first-order valence-electron chi connectivity index (χ1n) is 1.99. The monoisotopic (exact) mass is 153 g/mol. The van der Waals surface area contributed by atoms with Gasteiger partial charge in [-0.25, -0.2) is 9.88 Å². The Kier molecular flexibility index (Phi) is 2.64. The van der Waals surface area contributed by atoms with Crippen LogP contribution in [0, 0.1) is 0 Å². The first kappa shape index (κ1) is 8.42. The largest absolute Gasteiger partial charge is 0.453 e. The van der Waals surface area contributed by atoms with Crippen LogP contribution in [0.25, 0.3) is 0 Å². The van der Waals surface area contributed by atoms with Crippen LogP contribution in [0.15, 0.2) is 0 Å². The van der Waals surface area contributed by atoms with Gasteiger partial charge in [0.15, 0.2) is 0 Å². The van der Waals surface area contributed by atoms with Gasteiger partial charge >= 0.3 is 13.7 Å². The second-order valence-electron chi connectivity index (χ2n) is 1.31. The molecule has 0 fully saturated rings. The van der Waals surface area contributed by atoms with E-state index < -0.39 is 13.7 Å². The molecule has 0 aromatic rings. The molecule has 0 aliphatic heterocycles. The Morgan fingerprint density at radius 1 is 1.67 bits per heavy atom. The van der Waals surface area contributed by atoms with E-state index in [2.05, 4.69) is 4.74 Å². The molecule has 0 saturated heterocycles. The number of methoxy groups -OCH3 is 1. The SMILES string of the molecule is COC(=O)NP(N)(N)=O. The molecule has 0 aromatic heterocycles. The number of amides is 1. The van der Waals surface area contributed by atoms with Crippen LogP contribution in [-0.4, -0.2) is 13.2 Å². The smallest absolute Gasteiger partial charge is 0.414 e. The van der Waals surface area contributed by atoms with Crippen LogP contribution < -0.4 is 16.1 Å². The molecule has 9 heavy (non-hydrogen) atoms. The van der Waals surface area contributed by atoms with Crippen molar-refractivity contribution in [3.63, 3.8) is 0 Å². The summed E-state index contributed by atoms with van der Waals surface area (Å²) in [5.41, 5.74) is 9.47. The molecule has 54 valence electrons. The molecule has 0 spiro atoms. The Morgan fingerprint density at radius 3 is 2.22 bits per heavy atom. The molecular weight excluding hydrogens is 145 g/mol. The zero-order valence-corrected chi connectivity index (χ0v) is 5.72. The maximum Gasteiger partial charge on any atom is 0.414 e. The van der Waals surface area contributed by atoms with Gasteiger partial charge in [0.25, 0.3) is 0 Å². The number of ether oxygens (including phenoxy) is 1. The second-order valence-corrected chi connectivity index (χ2v) is 2.96. The van der Waals surface area contributed by atoms with Gasteiger partial charge in [-0.05, 0) is 0 Å². The normalized spacial score (nSPS) is 10.6. The molecule has 0 aromatic carbocycles. The molecule has 0 rings (SSSR count). The molecule has 0 atom stereocenters. The van der Waals surface area contributed by atoms with Crippen LogP contribution in [-0.2, 0) is 9.30 Å². The molecule has 7 heteroatoms. The van der Waals surface area contributed by atoms with E-state index in [9.17, 15) is 9.36 Å². The van der Waals surface area contributed by atoms with Crippen molar-refractivity contribution in [3.05, 3.63) is 0 Å². The highest BCUT2D eigenvalue weighted by molar-refractivity contribution is 7.57. The zero-order valence-electron chi connectivity index (χ0n) is 4.83. The van der Waals surface area contributed by atoms with E-state index in [1.807, 2.05) is 0 Å². The highest BCUT2D eigenvalue weighted by Gasteiger charge is 2.11. The summed E-state index contributed by atoms with van der Waals surface area (Å²) in [7, 11) is -2.35.